The Morgan fingerprint density at radius 2 is 1.95 bits per heavy atom. The molecule has 0 bridgehead atoms. The van der Waals surface area contributed by atoms with Crippen LogP contribution in [0.5, 0.6) is 5.75 Å². The molecule has 0 unspecified atom stereocenters. The van der Waals surface area contributed by atoms with E-state index in [9.17, 15) is 23.9 Å². The maximum absolute atomic E-state index is 15.2. The van der Waals surface area contributed by atoms with Gasteiger partial charge in [-0.2, -0.15) is 4.39 Å². The number of likely N-dealkylation sites (N-methyl/N-ethyl adjacent to an activating group) is 1. The van der Waals surface area contributed by atoms with Crippen LogP contribution in [0.1, 0.15) is 29.5 Å². The molecular weight excluding hydrogens is 598 g/mol. The number of pyridine rings is 1. The normalized spacial score (nSPS) is 16.8. The minimum absolute atomic E-state index is 0.0730. The van der Waals surface area contributed by atoms with Crippen molar-refractivity contribution < 1.29 is 23.5 Å². The fraction of sp³-hybridized carbons (Fsp3) is 0.345. The van der Waals surface area contributed by atoms with Gasteiger partial charge >= 0.3 is 0 Å². The van der Waals surface area contributed by atoms with Crippen LogP contribution in [0.15, 0.2) is 29.3 Å². The molecule has 1 fully saturated rings. The van der Waals surface area contributed by atoms with Gasteiger partial charge in [-0.05, 0) is 26.5 Å². The number of nitrogens with one attached hydrogen (secondary N) is 1. The van der Waals surface area contributed by atoms with E-state index in [-0.39, 0.29) is 34.2 Å². The summed E-state index contributed by atoms with van der Waals surface area (Å²) in [5.74, 6) is -5.00. The monoisotopic (exact) mass is 626 g/mol. The number of piperazine rings is 1. The second-order valence-electron chi connectivity index (χ2n) is 11.1. The number of benzene rings is 1. The van der Waals surface area contributed by atoms with Crippen LogP contribution in [0.2, 0.25) is 5.02 Å². The number of amides is 2. The highest BCUT2D eigenvalue weighted by Crippen LogP contribution is 2.36. The Balaban J connectivity index is 1.39. The molecule has 0 radical (unpaired) electrons. The zero-order chi connectivity index (χ0) is 31.4. The smallest absolute Gasteiger partial charge is 0.263 e. The number of aromatic nitrogens is 4. The lowest BCUT2D eigenvalue weighted by Gasteiger charge is -2.39. The van der Waals surface area contributed by atoms with Gasteiger partial charge in [0.25, 0.3) is 11.5 Å². The summed E-state index contributed by atoms with van der Waals surface area (Å²) in [5, 5.41) is 12.9. The Morgan fingerprint density at radius 3 is 2.68 bits per heavy atom. The molecule has 0 aliphatic carbocycles. The van der Waals surface area contributed by atoms with Crippen molar-refractivity contribution in [3.05, 3.63) is 62.9 Å². The number of nitrogens with zero attached hydrogens (tertiary/aromatic N) is 6. The number of aromatic hydroxyl groups is 1. The van der Waals surface area contributed by atoms with Gasteiger partial charge in [0, 0.05) is 62.0 Å². The van der Waals surface area contributed by atoms with Crippen LogP contribution in [0, 0.1) is 11.6 Å². The first-order chi connectivity index (χ1) is 20.9. The topological polar surface area (TPSA) is 152 Å². The molecule has 6 rings (SSSR count). The number of aryl methyl sites for hydroxylation is 1. The molecule has 5 heterocycles. The molecule has 230 valence electrons. The first-order valence-electron chi connectivity index (χ1n) is 14.0. The summed E-state index contributed by atoms with van der Waals surface area (Å²) in [6.07, 6.45) is 3.93. The average Bonchev–Trinajstić information content (AvgIpc) is 3.59. The van der Waals surface area contributed by atoms with Crippen molar-refractivity contribution in [1.29, 1.82) is 0 Å². The van der Waals surface area contributed by atoms with Gasteiger partial charge in [-0.15, -0.1) is 0 Å². The molecule has 44 heavy (non-hydrogen) atoms. The summed E-state index contributed by atoms with van der Waals surface area (Å²) >= 11 is 6.39. The van der Waals surface area contributed by atoms with Crippen LogP contribution in [0.3, 0.4) is 0 Å². The summed E-state index contributed by atoms with van der Waals surface area (Å²) < 4.78 is 32.7. The van der Waals surface area contributed by atoms with E-state index in [1.807, 2.05) is 7.05 Å². The predicted molar refractivity (Wildman–Crippen MR) is 160 cm³/mol. The molecule has 4 N–H and O–H groups in total. The van der Waals surface area contributed by atoms with Crippen molar-refractivity contribution in [3.63, 3.8) is 0 Å². The van der Waals surface area contributed by atoms with Crippen molar-refractivity contribution >= 4 is 46.0 Å². The van der Waals surface area contributed by atoms with Crippen LogP contribution >= 0.6 is 11.6 Å². The van der Waals surface area contributed by atoms with E-state index in [0.29, 0.717) is 36.7 Å². The third-order valence-corrected chi connectivity index (χ3v) is 8.43. The van der Waals surface area contributed by atoms with E-state index >= 15 is 4.39 Å². The molecule has 3 aromatic heterocycles. The molecule has 15 heteroatoms. The van der Waals surface area contributed by atoms with Gasteiger partial charge in [-0.1, -0.05) is 11.6 Å². The number of nitrogens with two attached hydrogens (primary N) is 1. The van der Waals surface area contributed by atoms with E-state index in [1.54, 1.807) is 6.07 Å². The molecule has 0 saturated carbocycles. The van der Waals surface area contributed by atoms with Crippen molar-refractivity contribution in [2.45, 2.75) is 38.9 Å². The van der Waals surface area contributed by atoms with Gasteiger partial charge in [0.15, 0.2) is 11.6 Å². The Kier molecular flexibility index (Phi) is 7.49. The Morgan fingerprint density at radius 1 is 1.18 bits per heavy atom. The number of rotatable bonds is 6. The molecular formula is C29H29ClF2N8O4. The van der Waals surface area contributed by atoms with E-state index < -0.39 is 45.9 Å². The average molecular weight is 627 g/mol. The van der Waals surface area contributed by atoms with Crippen LogP contribution < -0.4 is 21.5 Å². The van der Waals surface area contributed by atoms with Crippen molar-refractivity contribution in [1.82, 2.24) is 24.0 Å². The maximum Gasteiger partial charge on any atom is 0.263 e. The molecule has 2 aliphatic rings. The number of fused-ring (bicyclic) bond motifs is 2. The predicted octanol–water partition coefficient (Wildman–Crippen LogP) is 2.72. The van der Waals surface area contributed by atoms with E-state index in [0.717, 1.165) is 25.7 Å². The van der Waals surface area contributed by atoms with Gasteiger partial charge in [0.1, 0.15) is 23.8 Å². The third-order valence-electron chi connectivity index (χ3n) is 8.13. The summed E-state index contributed by atoms with van der Waals surface area (Å²) in [6.45, 7) is 4.54. The zero-order valence-electron chi connectivity index (χ0n) is 23.9. The minimum atomic E-state index is -1.69. The lowest BCUT2D eigenvalue weighted by Crippen LogP contribution is -2.50. The van der Waals surface area contributed by atoms with Crippen LogP contribution in [0.25, 0.3) is 22.2 Å². The minimum Gasteiger partial charge on any atom is -0.504 e. The third kappa shape index (κ3) is 5.03. The van der Waals surface area contributed by atoms with Gasteiger partial charge in [0.2, 0.25) is 11.7 Å². The summed E-state index contributed by atoms with van der Waals surface area (Å²) in [5.41, 5.74) is 3.92. The van der Waals surface area contributed by atoms with E-state index in [2.05, 4.69) is 32.0 Å². The van der Waals surface area contributed by atoms with Gasteiger partial charge in [-0.25, -0.2) is 14.4 Å². The SMILES string of the molecule is C[C@H]1CN(C)CCN1c1cc(NC(=O)Cn2cc(-c3cc(C(N)=O)c(O)c(F)c3F)c3c(=O)n4c(nc32)CCC4)c(Cl)cn1. The zero-order valence-corrected chi connectivity index (χ0v) is 24.7. The van der Waals surface area contributed by atoms with Crippen molar-refractivity contribution in [2.75, 3.05) is 36.9 Å². The quantitative estimate of drug-likeness (QED) is 0.296. The highest BCUT2D eigenvalue weighted by atomic mass is 35.5. The Labute approximate surface area is 254 Å². The molecule has 4 aromatic rings. The number of carbonyl (C=O) groups excluding carboxylic acids is 2. The number of anilines is 2. The van der Waals surface area contributed by atoms with Crippen molar-refractivity contribution in [3.8, 4) is 16.9 Å². The summed E-state index contributed by atoms with van der Waals surface area (Å²) in [4.78, 5) is 52.2. The molecule has 2 aliphatic heterocycles. The number of primary amides is 1. The molecule has 1 aromatic carbocycles. The number of carbonyl (C=O) groups is 2. The number of phenols is 1. The lowest BCUT2D eigenvalue weighted by atomic mass is 10.0. The Bertz CT molecular complexity index is 1910. The number of halogens is 3. The van der Waals surface area contributed by atoms with Crippen LogP contribution in [-0.2, 0) is 24.3 Å². The highest BCUT2D eigenvalue weighted by molar-refractivity contribution is 6.33. The maximum atomic E-state index is 15.2. The second kappa shape index (κ2) is 11.2. The highest BCUT2D eigenvalue weighted by Gasteiger charge is 2.28. The first kappa shape index (κ1) is 29.5. The molecule has 1 saturated heterocycles. The fourth-order valence-corrected chi connectivity index (χ4v) is 6.11. The van der Waals surface area contributed by atoms with Crippen LogP contribution in [-0.4, -0.2) is 73.6 Å². The first-order valence-corrected chi connectivity index (χ1v) is 14.4. The number of hydrogen-bond acceptors (Lipinski definition) is 8. The largest absolute Gasteiger partial charge is 0.504 e. The fourth-order valence-electron chi connectivity index (χ4n) is 5.96. The molecule has 0 spiro atoms. The Hall–Kier alpha value is -4.56. The molecule has 12 nitrogen and oxygen atoms in total. The number of hydrogen-bond donors (Lipinski definition) is 3. The van der Waals surface area contributed by atoms with Gasteiger partial charge < -0.3 is 30.5 Å². The van der Waals surface area contributed by atoms with Crippen molar-refractivity contribution in [2.24, 2.45) is 5.73 Å². The standard InChI is InChI=1S/C29H29ClF2N8O4/c1-14-11-37(2)6-7-39(14)21-9-19(18(30)10-34-21)35-22(41)13-38-12-17(15-8-16(27(33)43)26(42)25(32)24(15)31)23-28(38)36-20-4-3-5-40(20)29(23)44/h8-10,12,14,42H,3-7,11,13H2,1-2H3,(H2,33,43)(H,34,35,41)/t14-/m0/s1. The van der Waals surface area contributed by atoms with E-state index in [1.165, 1.54) is 21.5 Å². The van der Waals surface area contributed by atoms with E-state index in [4.69, 9.17) is 17.3 Å². The van der Waals surface area contributed by atoms with Crippen LogP contribution in [0.4, 0.5) is 20.3 Å². The second-order valence-corrected chi connectivity index (χ2v) is 11.6. The van der Waals surface area contributed by atoms with Gasteiger partial charge in [-0.3, -0.25) is 19.0 Å². The lowest BCUT2D eigenvalue weighted by molar-refractivity contribution is -0.116. The molecule has 1 atom stereocenters. The van der Waals surface area contributed by atoms with Gasteiger partial charge in [0.05, 0.1) is 27.9 Å². The summed E-state index contributed by atoms with van der Waals surface area (Å²) in [7, 11) is 2.05. The summed E-state index contributed by atoms with van der Waals surface area (Å²) in [6, 6.07) is 2.76. The molecule has 2 amide bonds.